The summed E-state index contributed by atoms with van der Waals surface area (Å²) in [5, 5.41) is 3.45. The third kappa shape index (κ3) is 2.96. The minimum atomic E-state index is 0.224. The Hall–Kier alpha value is -1.94. The van der Waals surface area contributed by atoms with Crippen LogP contribution in [0.5, 0.6) is 11.5 Å². The smallest absolute Gasteiger partial charge is 0.161 e. The van der Waals surface area contributed by atoms with E-state index in [0.29, 0.717) is 13.2 Å². The van der Waals surface area contributed by atoms with Crippen molar-refractivity contribution < 1.29 is 13.9 Å². The molecular weight excluding hydrogens is 254 g/mol. The molecule has 1 aromatic heterocycles. The average molecular weight is 273 g/mol. The first-order valence-corrected chi connectivity index (χ1v) is 6.98. The van der Waals surface area contributed by atoms with Crippen LogP contribution >= 0.6 is 0 Å². The normalized spacial score (nSPS) is 15.1. The van der Waals surface area contributed by atoms with Crippen molar-refractivity contribution in [2.24, 2.45) is 0 Å². The van der Waals surface area contributed by atoms with Crippen molar-refractivity contribution >= 4 is 0 Å². The van der Waals surface area contributed by atoms with Gasteiger partial charge in [0.25, 0.3) is 0 Å². The van der Waals surface area contributed by atoms with E-state index in [-0.39, 0.29) is 6.04 Å². The third-order valence-electron chi connectivity index (χ3n) is 3.44. The molecule has 4 nitrogen and oxygen atoms in total. The summed E-state index contributed by atoms with van der Waals surface area (Å²) >= 11 is 0. The van der Waals surface area contributed by atoms with Crippen LogP contribution in [0.1, 0.15) is 24.3 Å². The second-order valence-corrected chi connectivity index (χ2v) is 4.92. The molecule has 1 unspecified atom stereocenters. The van der Waals surface area contributed by atoms with Gasteiger partial charge in [0.05, 0.1) is 12.3 Å². The summed E-state index contributed by atoms with van der Waals surface area (Å²) in [6.45, 7) is 4.25. The lowest BCUT2D eigenvalue weighted by Gasteiger charge is -2.19. The van der Waals surface area contributed by atoms with E-state index in [1.165, 1.54) is 5.56 Å². The van der Waals surface area contributed by atoms with Gasteiger partial charge in [-0.25, -0.2) is 0 Å². The topological polar surface area (TPSA) is 43.6 Å². The molecule has 0 saturated carbocycles. The number of hydrogen-bond acceptors (Lipinski definition) is 4. The number of benzene rings is 1. The van der Waals surface area contributed by atoms with Crippen molar-refractivity contribution in [2.45, 2.75) is 19.4 Å². The minimum absolute atomic E-state index is 0.224. The summed E-state index contributed by atoms with van der Waals surface area (Å²) in [6, 6.07) is 10.3. The van der Waals surface area contributed by atoms with Gasteiger partial charge in [-0.15, -0.1) is 0 Å². The molecule has 1 aromatic carbocycles. The van der Waals surface area contributed by atoms with Crippen LogP contribution in [0.15, 0.2) is 41.0 Å². The summed E-state index contributed by atoms with van der Waals surface area (Å²) in [7, 11) is 0. The standard InChI is InChI=1S/C16H19NO3/c1-12(14-3-2-8-18-14)17-7-6-13-4-5-15-16(11-13)20-10-9-19-15/h2-5,8,11-12,17H,6-7,9-10H2,1H3. The summed E-state index contributed by atoms with van der Waals surface area (Å²) in [5.74, 6) is 2.66. The maximum atomic E-state index is 5.59. The van der Waals surface area contributed by atoms with Gasteiger partial charge in [0.2, 0.25) is 0 Å². The third-order valence-corrected chi connectivity index (χ3v) is 3.44. The van der Waals surface area contributed by atoms with Gasteiger partial charge in [0, 0.05) is 0 Å². The Bertz CT molecular complexity index is 551. The highest BCUT2D eigenvalue weighted by atomic mass is 16.6. The van der Waals surface area contributed by atoms with E-state index >= 15 is 0 Å². The van der Waals surface area contributed by atoms with Crippen molar-refractivity contribution in [2.75, 3.05) is 19.8 Å². The number of fused-ring (bicyclic) bond motifs is 1. The van der Waals surface area contributed by atoms with E-state index in [1.807, 2.05) is 18.2 Å². The van der Waals surface area contributed by atoms with Crippen LogP contribution in [0.4, 0.5) is 0 Å². The molecule has 1 atom stereocenters. The Morgan fingerprint density at radius 2 is 2.00 bits per heavy atom. The largest absolute Gasteiger partial charge is 0.486 e. The van der Waals surface area contributed by atoms with Crippen molar-refractivity contribution in [3.05, 3.63) is 47.9 Å². The van der Waals surface area contributed by atoms with E-state index in [2.05, 4.69) is 24.4 Å². The van der Waals surface area contributed by atoms with Crippen LogP contribution in [-0.4, -0.2) is 19.8 Å². The van der Waals surface area contributed by atoms with Crippen molar-refractivity contribution in [1.82, 2.24) is 5.32 Å². The molecule has 4 heteroatoms. The molecule has 20 heavy (non-hydrogen) atoms. The monoisotopic (exact) mass is 273 g/mol. The first kappa shape index (κ1) is 13.1. The Balaban J connectivity index is 1.53. The molecule has 2 heterocycles. The average Bonchev–Trinajstić information content (AvgIpc) is 3.01. The number of ether oxygens (including phenoxy) is 2. The molecule has 0 aliphatic carbocycles. The van der Waals surface area contributed by atoms with E-state index in [4.69, 9.17) is 13.9 Å². The van der Waals surface area contributed by atoms with Crippen molar-refractivity contribution in [3.63, 3.8) is 0 Å². The van der Waals surface area contributed by atoms with Crippen molar-refractivity contribution in [3.8, 4) is 11.5 Å². The lowest BCUT2D eigenvalue weighted by molar-refractivity contribution is 0.171. The SMILES string of the molecule is CC(NCCc1ccc2c(c1)OCCO2)c1ccco1. The van der Waals surface area contributed by atoms with Crippen LogP contribution in [0.25, 0.3) is 0 Å². The maximum Gasteiger partial charge on any atom is 0.161 e. The fourth-order valence-corrected chi connectivity index (χ4v) is 2.31. The first-order valence-electron chi connectivity index (χ1n) is 6.98. The van der Waals surface area contributed by atoms with Crippen LogP contribution in [0.3, 0.4) is 0 Å². The van der Waals surface area contributed by atoms with E-state index in [0.717, 1.165) is 30.2 Å². The zero-order chi connectivity index (χ0) is 13.8. The van der Waals surface area contributed by atoms with Gasteiger partial charge in [-0.3, -0.25) is 0 Å². The number of nitrogens with one attached hydrogen (secondary N) is 1. The Kier molecular flexibility index (Phi) is 3.92. The predicted octanol–water partition coefficient (Wildman–Crippen LogP) is 2.94. The minimum Gasteiger partial charge on any atom is -0.486 e. The molecule has 1 aliphatic rings. The van der Waals surface area contributed by atoms with Gasteiger partial charge in [0.15, 0.2) is 11.5 Å². The zero-order valence-electron chi connectivity index (χ0n) is 11.6. The molecule has 3 rings (SSSR count). The highest BCUT2D eigenvalue weighted by Crippen LogP contribution is 2.30. The van der Waals surface area contributed by atoms with Crippen LogP contribution in [0.2, 0.25) is 0 Å². The Morgan fingerprint density at radius 3 is 2.80 bits per heavy atom. The summed E-state index contributed by atoms with van der Waals surface area (Å²) in [4.78, 5) is 0. The van der Waals surface area contributed by atoms with Gasteiger partial charge < -0.3 is 19.2 Å². The number of rotatable bonds is 5. The Morgan fingerprint density at radius 1 is 1.15 bits per heavy atom. The molecule has 0 spiro atoms. The number of furan rings is 1. The summed E-state index contributed by atoms with van der Waals surface area (Å²) in [6.07, 6.45) is 2.65. The lowest BCUT2D eigenvalue weighted by atomic mass is 10.1. The van der Waals surface area contributed by atoms with Gasteiger partial charge in [-0.05, 0) is 49.7 Å². The van der Waals surface area contributed by atoms with Gasteiger partial charge in [0.1, 0.15) is 19.0 Å². The molecule has 0 fully saturated rings. The molecule has 1 N–H and O–H groups in total. The van der Waals surface area contributed by atoms with E-state index in [1.54, 1.807) is 6.26 Å². The second kappa shape index (κ2) is 6.01. The van der Waals surface area contributed by atoms with Crippen LogP contribution in [0, 0.1) is 0 Å². The Labute approximate surface area is 118 Å². The molecule has 0 bridgehead atoms. The summed E-state index contributed by atoms with van der Waals surface area (Å²) < 4.78 is 16.5. The fraction of sp³-hybridized carbons (Fsp3) is 0.375. The molecular formula is C16H19NO3. The quantitative estimate of drug-likeness (QED) is 0.909. The number of hydrogen-bond donors (Lipinski definition) is 1. The fourth-order valence-electron chi connectivity index (χ4n) is 2.31. The van der Waals surface area contributed by atoms with E-state index in [9.17, 15) is 0 Å². The van der Waals surface area contributed by atoms with Crippen LogP contribution < -0.4 is 14.8 Å². The summed E-state index contributed by atoms with van der Waals surface area (Å²) in [5.41, 5.74) is 1.24. The van der Waals surface area contributed by atoms with Crippen molar-refractivity contribution in [1.29, 1.82) is 0 Å². The van der Waals surface area contributed by atoms with E-state index < -0.39 is 0 Å². The highest BCUT2D eigenvalue weighted by Gasteiger charge is 2.12. The molecule has 2 aromatic rings. The molecule has 0 saturated heterocycles. The van der Waals surface area contributed by atoms with Gasteiger partial charge >= 0.3 is 0 Å². The molecule has 106 valence electrons. The highest BCUT2D eigenvalue weighted by molar-refractivity contribution is 5.43. The van der Waals surface area contributed by atoms with Crippen LogP contribution in [-0.2, 0) is 6.42 Å². The molecule has 1 aliphatic heterocycles. The molecule has 0 radical (unpaired) electrons. The molecule has 0 amide bonds. The second-order valence-electron chi connectivity index (χ2n) is 4.92. The van der Waals surface area contributed by atoms with Gasteiger partial charge in [-0.2, -0.15) is 0 Å². The first-order chi connectivity index (χ1) is 9.83. The predicted molar refractivity (Wildman–Crippen MR) is 76.3 cm³/mol. The maximum absolute atomic E-state index is 5.59. The zero-order valence-corrected chi connectivity index (χ0v) is 11.6. The van der Waals surface area contributed by atoms with Gasteiger partial charge in [-0.1, -0.05) is 6.07 Å². The lowest BCUT2D eigenvalue weighted by Crippen LogP contribution is -2.21.